The molecule has 0 radical (unpaired) electrons. The third-order valence-electron chi connectivity index (χ3n) is 1.82. The molecule has 1 unspecified atom stereocenters. The van der Waals surface area contributed by atoms with Crippen LogP contribution >= 0.6 is 0 Å². The second kappa shape index (κ2) is 2.52. The fourth-order valence-electron chi connectivity index (χ4n) is 1.08. The Bertz CT molecular complexity index is 302. The van der Waals surface area contributed by atoms with E-state index in [1.165, 1.54) is 0 Å². The Hall–Kier alpha value is -1.51. The van der Waals surface area contributed by atoms with Crippen LogP contribution in [-0.4, -0.2) is 17.2 Å². The first-order valence-corrected chi connectivity index (χ1v) is 3.74. The maximum atomic E-state index is 10.5. The Kier molecular flexibility index (Phi) is 1.50. The van der Waals surface area contributed by atoms with Crippen LogP contribution in [0.2, 0.25) is 0 Å². The van der Waals surface area contributed by atoms with Gasteiger partial charge in [-0.1, -0.05) is 12.1 Å². The summed E-state index contributed by atoms with van der Waals surface area (Å²) >= 11 is 0. The van der Waals surface area contributed by atoms with Crippen molar-refractivity contribution in [3.05, 3.63) is 29.8 Å². The number of rotatable bonds is 2. The third kappa shape index (κ3) is 1.39. The average molecular weight is 164 g/mol. The maximum Gasteiger partial charge on any atom is 0.348 e. The van der Waals surface area contributed by atoms with Crippen molar-refractivity contribution < 1.29 is 14.6 Å². The number of epoxide rings is 1. The van der Waals surface area contributed by atoms with Crippen molar-refractivity contribution in [3.8, 4) is 5.75 Å². The molecular weight excluding hydrogens is 156 g/mol. The van der Waals surface area contributed by atoms with E-state index >= 15 is 0 Å². The Morgan fingerprint density at radius 2 is 1.92 bits per heavy atom. The van der Waals surface area contributed by atoms with Crippen molar-refractivity contribution in [2.75, 3.05) is 0 Å². The van der Waals surface area contributed by atoms with Gasteiger partial charge in [-0.2, -0.15) is 0 Å². The number of ether oxygens (including phenoxy) is 1. The molecule has 12 heavy (non-hydrogen) atoms. The number of aromatic hydroxyl groups is 1. The van der Waals surface area contributed by atoms with Gasteiger partial charge in [-0.25, -0.2) is 4.79 Å². The summed E-state index contributed by atoms with van der Waals surface area (Å²) in [6.07, 6.45) is 0.369. The molecule has 3 heteroatoms. The summed E-state index contributed by atoms with van der Waals surface area (Å²) in [5.41, 5.74) is 1.00. The third-order valence-corrected chi connectivity index (χ3v) is 1.82. The van der Waals surface area contributed by atoms with Crippen molar-refractivity contribution in [1.29, 1.82) is 0 Å². The molecular formula is C9H8O3. The van der Waals surface area contributed by atoms with E-state index in [1.54, 1.807) is 24.3 Å². The highest BCUT2D eigenvalue weighted by Crippen LogP contribution is 2.19. The highest BCUT2D eigenvalue weighted by atomic mass is 16.6. The van der Waals surface area contributed by atoms with E-state index in [4.69, 9.17) is 5.11 Å². The van der Waals surface area contributed by atoms with Gasteiger partial charge in [0.15, 0.2) is 0 Å². The second-order valence-electron chi connectivity index (χ2n) is 2.80. The summed E-state index contributed by atoms with van der Waals surface area (Å²) in [5.74, 6) is 0.102. The van der Waals surface area contributed by atoms with E-state index in [0.29, 0.717) is 6.42 Å². The molecule has 1 N–H and O–H groups in total. The number of cyclic esters (lactones) is 1. The lowest BCUT2D eigenvalue weighted by molar-refractivity contribution is -0.117. The van der Waals surface area contributed by atoms with Crippen LogP contribution < -0.4 is 0 Å². The molecule has 1 saturated heterocycles. The Balaban J connectivity index is 2.04. The second-order valence-corrected chi connectivity index (χ2v) is 2.80. The van der Waals surface area contributed by atoms with Crippen LogP contribution in [0.1, 0.15) is 5.56 Å². The zero-order valence-corrected chi connectivity index (χ0v) is 6.36. The van der Waals surface area contributed by atoms with Crippen molar-refractivity contribution in [2.45, 2.75) is 12.5 Å². The van der Waals surface area contributed by atoms with Gasteiger partial charge in [0.2, 0.25) is 6.10 Å². The zero-order chi connectivity index (χ0) is 8.55. The zero-order valence-electron chi connectivity index (χ0n) is 6.36. The minimum Gasteiger partial charge on any atom is -0.508 e. The van der Waals surface area contributed by atoms with Gasteiger partial charge in [0.05, 0.1) is 0 Å². The molecule has 0 amide bonds. The smallest absolute Gasteiger partial charge is 0.348 e. The topological polar surface area (TPSA) is 49.8 Å². The molecule has 1 fully saturated rings. The molecule has 0 bridgehead atoms. The lowest BCUT2D eigenvalue weighted by atomic mass is 10.1. The Labute approximate surface area is 69.6 Å². The van der Waals surface area contributed by atoms with Crippen LogP contribution in [0.5, 0.6) is 5.75 Å². The maximum absolute atomic E-state index is 10.5. The number of phenols is 1. The molecule has 0 aromatic heterocycles. The summed E-state index contributed by atoms with van der Waals surface area (Å²) in [7, 11) is 0. The molecule has 2 rings (SSSR count). The summed E-state index contributed by atoms with van der Waals surface area (Å²) in [6, 6.07) is 6.76. The van der Waals surface area contributed by atoms with E-state index in [9.17, 15) is 4.79 Å². The number of hydrogen-bond donors (Lipinski definition) is 1. The summed E-state index contributed by atoms with van der Waals surface area (Å²) in [5, 5.41) is 8.96. The lowest BCUT2D eigenvalue weighted by Gasteiger charge is -1.95. The molecule has 1 aliphatic rings. The van der Waals surface area contributed by atoms with Crippen molar-refractivity contribution >= 4 is 5.97 Å². The van der Waals surface area contributed by atoms with Crippen molar-refractivity contribution in [3.63, 3.8) is 0 Å². The quantitative estimate of drug-likeness (QED) is 0.659. The van der Waals surface area contributed by atoms with Crippen LogP contribution in [0, 0.1) is 0 Å². The van der Waals surface area contributed by atoms with Crippen molar-refractivity contribution in [1.82, 2.24) is 0 Å². The predicted octanol–water partition coefficient (Wildman–Crippen LogP) is 0.860. The first-order valence-electron chi connectivity index (χ1n) is 3.74. The molecule has 0 spiro atoms. The molecule has 1 atom stereocenters. The number of carbonyl (C=O) groups excluding carboxylic acids is 1. The van der Waals surface area contributed by atoms with E-state index < -0.39 is 0 Å². The fraction of sp³-hybridized carbons (Fsp3) is 0.222. The van der Waals surface area contributed by atoms with Gasteiger partial charge >= 0.3 is 5.97 Å². The van der Waals surface area contributed by atoms with Gasteiger partial charge in [-0.3, -0.25) is 0 Å². The largest absolute Gasteiger partial charge is 0.508 e. The summed E-state index contributed by atoms with van der Waals surface area (Å²) in [6.45, 7) is 0. The number of benzene rings is 1. The predicted molar refractivity (Wildman–Crippen MR) is 41.7 cm³/mol. The van der Waals surface area contributed by atoms with Gasteiger partial charge in [-0.15, -0.1) is 0 Å². The minimum atomic E-state index is -0.241. The highest BCUT2D eigenvalue weighted by Gasteiger charge is 2.37. The van der Waals surface area contributed by atoms with Gasteiger partial charge in [0.25, 0.3) is 0 Å². The fourth-order valence-corrected chi connectivity index (χ4v) is 1.08. The van der Waals surface area contributed by atoms with Gasteiger partial charge in [0, 0.05) is 6.42 Å². The van der Waals surface area contributed by atoms with Crippen LogP contribution in [0.3, 0.4) is 0 Å². The molecule has 1 aromatic rings. The van der Waals surface area contributed by atoms with E-state index in [-0.39, 0.29) is 17.8 Å². The van der Waals surface area contributed by atoms with Crippen LogP contribution in [0.4, 0.5) is 0 Å². The average Bonchev–Trinajstić information content (AvgIpc) is 2.72. The Morgan fingerprint density at radius 3 is 2.42 bits per heavy atom. The van der Waals surface area contributed by atoms with E-state index in [2.05, 4.69) is 4.74 Å². The molecule has 3 nitrogen and oxygen atoms in total. The Morgan fingerprint density at radius 1 is 1.33 bits per heavy atom. The minimum absolute atomic E-state index is 0.136. The number of carbonyl (C=O) groups is 1. The van der Waals surface area contributed by atoms with Crippen molar-refractivity contribution in [2.24, 2.45) is 0 Å². The lowest BCUT2D eigenvalue weighted by Crippen LogP contribution is -1.93. The first-order chi connectivity index (χ1) is 5.75. The summed E-state index contributed by atoms with van der Waals surface area (Å²) in [4.78, 5) is 10.5. The monoisotopic (exact) mass is 164 g/mol. The first kappa shape index (κ1) is 7.16. The van der Waals surface area contributed by atoms with Crippen LogP contribution in [-0.2, 0) is 16.0 Å². The van der Waals surface area contributed by atoms with Gasteiger partial charge in [-0.05, 0) is 17.7 Å². The molecule has 0 saturated carbocycles. The SMILES string of the molecule is O=C1OC1Cc1ccc(O)cc1. The molecule has 62 valence electrons. The summed E-state index contributed by atoms with van der Waals surface area (Å²) < 4.78 is 4.65. The highest BCUT2D eigenvalue weighted by molar-refractivity contribution is 5.87. The van der Waals surface area contributed by atoms with Crippen LogP contribution in [0.15, 0.2) is 24.3 Å². The number of hydrogen-bond acceptors (Lipinski definition) is 3. The van der Waals surface area contributed by atoms with Crippen LogP contribution in [0.25, 0.3) is 0 Å². The molecule has 1 aromatic carbocycles. The van der Waals surface area contributed by atoms with E-state index in [1.807, 2.05) is 0 Å². The van der Waals surface area contributed by atoms with Gasteiger partial charge in [0.1, 0.15) is 5.75 Å². The molecule has 0 aliphatic carbocycles. The standard InChI is InChI=1S/C9H8O3/c10-7-3-1-6(2-4-7)5-8-9(11)12-8/h1-4,8,10H,5H2. The van der Waals surface area contributed by atoms with E-state index in [0.717, 1.165) is 5.56 Å². The number of phenolic OH excluding ortho intramolecular Hbond substituents is 1. The molecule has 1 aliphatic heterocycles. The normalized spacial score (nSPS) is 20.3. The van der Waals surface area contributed by atoms with Gasteiger partial charge < -0.3 is 9.84 Å². The molecule has 1 heterocycles.